The van der Waals surface area contributed by atoms with Gasteiger partial charge in [0.2, 0.25) is 0 Å². The van der Waals surface area contributed by atoms with Gasteiger partial charge in [-0.05, 0) is 44.2 Å². The first-order chi connectivity index (χ1) is 17.0. The molecular weight excluding hydrogens is 530 g/mol. The fourth-order valence-electron chi connectivity index (χ4n) is 3.98. The number of alkyl halides is 6. The summed E-state index contributed by atoms with van der Waals surface area (Å²) < 4.78 is 100. The van der Waals surface area contributed by atoms with Gasteiger partial charge in [-0.15, -0.1) is 0 Å². The summed E-state index contributed by atoms with van der Waals surface area (Å²) in [6.07, 6.45) is -2.90. The number of hydrogen-bond acceptors (Lipinski definition) is 7. The van der Waals surface area contributed by atoms with E-state index in [0.717, 1.165) is 24.3 Å². The molecule has 3 rings (SSSR count). The molecular formula is C21H24F6N6O3S. The standard InChI is InChI=1S/C21H24F6N6O3S/c1-32(9-8-20(22,23)24)13-4-7-17(16(28)10-13)33-11-15(18(29)34)19(31-33)30-12-2-5-14(6-3-12)37(35,36)21(25,26)27/h2-3,5-6,11,13,17,28H,4,7-10H2,1H3,(H2,29,34)(H,30,31)/t13-,17-/m0/s1. The van der Waals surface area contributed by atoms with Gasteiger partial charge in [0.1, 0.15) is 5.56 Å². The quantitative estimate of drug-likeness (QED) is 0.422. The number of nitrogens with one attached hydrogen (secondary N) is 2. The number of aromatic nitrogens is 2. The number of halogens is 6. The molecule has 1 aromatic carbocycles. The largest absolute Gasteiger partial charge is 0.501 e. The molecule has 1 fully saturated rings. The number of sulfone groups is 1. The van der Waals surface area contributed by atoms with Crippen LogP contribution in [0.15, 0.2) is 35.4 Å². The molecule has 4 N–H and O–H groups in total. The van der Waals surface area contributed by atoms with Crippen molar-refractivity contribution in [3.8, 4) is 0 Å². The lowest BCUT2D eigenvalue weighted by Gasteiger charge is -2.35. The Morgan fingerprint density at radius 2 is 1.81 bits per heavy atom. The number of rotatable bonds is 8. The molecule has 1 amide bonds. The third-order valence-corrected chi connectivity index (χ3v) is 7.55. The van der Waals surface area contributed by atoms with Gasteiger partial charge in [-0.3, -0.25) is 9.48 Å². The average Bonchev–Trinajstić information content (AvgIpc) is 3.20. The van der Waals surface area contributed by atoms with E-state index in [4.69, 9.17) is 11.1 Å². The van der Waals surface area contributed by atoms with Gasteiger partial charge < -0.3 is 21.4 Å². The van der Waals surface area contributed by atoms with E-state index in [1.807, 2.05) is 0 Å². The van der Waals surface area contributed by atoms with Crippen LogP contribution in [0.2, 0.25) is 0 Å². The first kappa shape index (κ1) is 28.4. The summed E-state index contributed by atoms with van der Waals surface area (Å²) in [5.74, 6) is -0.937. The number of hydrogen-bond donors (Lipinski definition) is 3. The predicted molar refractivity (Wildman–Crippen MR) is 121 cm³/mol. The number of carbonyl (C=O) groups is 1. The van der Waals surface area contributed by atoms with Gasteiger partial charge in [0.05, 0.1) is 17.4 Å². The van der Waals surface area contributed by atoms with Gasteiger partial charge in [0.25, 0.3) is 15.7 Å². The van der Waals surface area contributed by atoms with E-state index in [1.54, 1.807) is 11.9 Å². The number of amides is 1. The van der Waals surface area contributed by atoms with E-state index in [0.29, 0.717) is 12.8 Å². The number of benzene rings is 1. The van der Waals surface area contributed by atoms with E-state index in [1.165, 1.54) is 10.9 Å². The zero-order chi connectivity index (χ0) is 27.8. The molecule has 1 aliphatic rings. The summed E-state index contributed by atoms with van der Waals surface area (Å²) in [7, 11) is -3.96. The summed E-state index contributed by atoms with van der Waals surface area (Å²) in [5.41, 5.74) is 0.195. The lowest BCUT2D eigenvalue weighted by atomic mass is 9.88. The highest BCUT2D eigenvalue weighted by atomic mass is 32.2. The zero-order valence-corrected chi connectivity index (χ0v) is 20.2. The number of nitrogens with zero attached hydrogens (tertiary/aromatic N) is 3. The van der Waals surface area contributed by atoms with Crippen molar-refractivity contribution in [2.75, 3.05) is 18.9 Å². The van der Waals surface area contributed by atoms with E-state index < -0.39 is 44.8 Å². The Morgan fingerprint density at radius 1 is 1.19 bits per heavy atom. The van der Waals surface area contributed by atoms with Crippen molar-refractivity contribution in [1.82, 2.24) is 14.7 Å². The molecule has 0 saturated heterocycles. The van der Waals surface area contributed by atoms with Crippen molar-refractivity contribution in [2.24, 2.45) is 5.73 Å². The van der Waals surface area contributed by atoms with E-state index in [2.05, 4.69) is 10.4 Å². The Hall–Kier alpha value is -3.14. The summed E-state index contributed by atoms with van der Waals surface area (Å²) >= 11 is 0. The van der Waals surface area contributed by atoms with Crippen LogP contribution in [-0.2, 0) is 9.84 Å². The molecule has 9 nitrogen and oxygen atoms in total. The zero-order valence-electron chi connectivity index (χ0n) is 19.4. The van der Waals surface area contributed by atoms with Gasteiger partial charge in [-0.1, -0.05) is 0 Å². The normalized spacial score (nSPS) is 19.3. The van der Waals surface area contributed by atoms with E-state index >= 15 is 0 Å². The molecule has 1 aliphatic carbocycles. The second kappa shape index (κ2) is 10.3. The number of anilines is 2. The Kier molecular flexibility index (Phi) is 7.93. The average molecular weight is 555 g/mol. The van der Waals surface area contributed by atoms with Crippen molar-refractivity contribution in [2.45, 2.75) is 54.3 Å². The van der Waals surface area contributed by atoms with Crippen LogP contribution in [0.3, 0.4) is 0 Å². The third kappa shape index (κ3) is 6.60. The fourth-order valence-corrected chi connectivity index (χ4v) is 4.74. The summed E-state index contributed by atoms with van der Waals surface area (Å²) in [5, 5.41) is 15.4. The maximum absolute atomic E-state index is 12.7. The molecule has 0 radical (unpaired) electrons. The Morgan fingerprint density at radius 3 is 2.32 bits per heavy atom. The molecule has 0 aliphatic heterocycles. The molecule has 37 heavy (non-hydrogen) atoms. The van der Waals surface area contributed by atoms with Crippen LogP contribution in [0.1, 0.15) is 42.1 Å². The minimum Gasteiger partial charge on any atom is -0.365 e. The van der Waals surface area contributed by atoms with E-state index in [9.17, 15) is 39.6 Å². The number of carbonyl (C=O) groups excluding carboxylic acids is 1. The maximum Gasteiger partial charge on any atom is 0.501 e. The van der Waals surface area contributed by atoms with Crippen LogP contribution in [0.5, 0.6) is 0 Å². The molecule has 1 aromatic heterocycles. The summed E-state index contributed by atoms with van der Waals surface area (Å²) in [6.45, 7) is -0.198. The number of nitrogens with two attached hydrogens (primary N) is 1. The van der Waals surface area contributed by atoms with Gasteiger partial charge >= 0.3 is 11.7 Å². The van der Waals surface area contributed by atoms with Crippen LogP contribution >= 0.6 is 0 Å². The SMILES string of the molecule is CN(CCC(F)(F)F)[C@H]1CC[C@H](n2cc(C(N)=O)c(Nc3ccc(S(=O)(=O)C(F)(F)F)cc3)n2)C(=N)C1. The molecule has 0 spiro atoms. The highest BCUT2D eigenvalue weighted by Gasteiger charge is 2.46. The second-order valence-electron chi connectivity index (χ2n) is 8.66. The number of primary amides is 1. The third-order valence-electron chi connectivity index (χ3n) is 6.05. The molecule has 0 unspecified atom stereocenters. The lowest BCUT2D eigenvalue weighted by molar-refractivity contribution is -0.138. The van der Waals surface area contributed by atoms with Crippen LogP contribution in [0.4, 0.5) is 37.8 Å². The Balaban J connectivity index is 1.75. The fraction of sp³-hybridized carbons (Fsp3) is 0.476. The lowest BCUT2D eigenvalue weighted by Crippen LogP contribution is -2.41. The van der Waals surface area contributed by atoms with Gasteiger partial charge in [-0.25, -0.2) is 8.42 Å². The summed E-state index contributed by atoms with van der Waals surface area (Å²) in [6, 6.07) is 2.77. The second-order valence-corrected chi connectivity index (χ2v) is 10.6. The minimum absolute atomic E-state index is 0.0591. The van der Waals surface area contributed by atoms with Crippen molar-refractivity contribution in [1.29, 1.82) is 5.41 Å². The molecule has 2 aromatic rings. The van der Waals surface area contributed by atoms with Gasteiger partial charge in [0.15, 0.2) is 5.82 Å². The van der Waals surface area contributed by atoms with Gasteiger partial charge in [0, 0.05) is 36.6 Å². The summed E-state index contributed by atoms with van der Waals surface area (Å²) in [4.78, 5) is 12.6. The molecule has 204 valence electrons. The molecule has 1 heterocycles. The van der Waals surface area contributed by atoms with Crippen LogP contribution < -0.4 is 11.1 Å². The van der Waals surface area contributed by atoms with Crippen LogP contribution in [0, 0.1) is 5.41 Å². The molecule has 1 saturated carbocycles. The Bertz CT molecular complexity index is 1260. The monoisotopic (exact) mass is 554 g/mol. The molecule has 0 bridgehead atoms. The topological polar surface area (TPSA) is 134 Å². The van der Waals surface area contributed by atoms with E-state index in [-0.39, 0.29) is 41.8 Å². The van der Waals surface area contributed by atoms with Crippen LogP contribution in [-0.4, -0.2) is 66.0 Å². The predicted octanol–water partition coefficient (Wildman–Crippen LogP) is 4.02. The van der Waals surface area contributed by atoms with Gasteiger partial charge in [-0.2, -0.15) is 31.4 Å². The maximum atomic E-state index is 12.7. The van der Waals surface area contributed by atoms with Crippen molar-refractivity contribution >= 4 is 33.0 Å². The highest BCUT2D eigenvalue weighted by molar-refractivity contribution is 7.92. The molecule has 2 atom stereocenters. The van der Waals surface area contributed by atoms with Crippen molar-refractivity contribution in [3.63, 3.8) is 0 Å². The molecule has 16 heteroatoms. The first-order valence-electron chi connectivity index (χ1n) is 10.9. The van der Waals surface area contributed by atoms with Crippen LogP contribution in [0.25, 0.3) is 0 Å². The van der Waals surface area contributed by atoms with Crippen molar-refractivity contribution < 1.29 is 39.6 Å². The minimum atomic E-state index is -5.53. The smallest absolute Gasteiger partial charge is 0.365 e. The Labute approximate surface area is 208 Å². The van der Waals surface area contributed by atoms with Crippen molar-refractivity contribution in [3.05, 3.63) is 36.0 Å². The first-order valence-corrected chi connectivity index (χ1v) is 12.4. The highest BCUT2D eigenvalue weighted by Crippen LogP contribution is 2.33.